The molecule has 1 saturated heterocycles. The smallest absolute Gasteiger partial charge is 0.223 e. The Balaban J connectivity index is 0.00000288. The lowest BCUT2D eigenvalue weighted by Crippen LogP contribution is -2.41. The Morgan fingerprint density at radius 1 is 0.958 bits per heavy atom. The standard InChI is InChI=1S/C17H31N3O3.ClH/c21-16(7-8-17(22)20-11-13-23-14-12-20)19-10-9-18-15-5-3-1-2-4-6-15;/h15,18H,1-14H2,(H,19,21);1H. The molecule has 0 unspecified atom stereocenters. The summed E-state index contributed by atoms with van der Waals surface area (Å²) in [6, 6.07) is 0.609. The predicted molar refractivity (Wildman–Crippen MR) is 96.4 cm³/mol. The van der Waals surface area contributed by atoms with E-state index in [0.717, 1.165) is 6.54 Å². The van der Waals surface area contributed by atoms with Gasteiger partial charge in [-0.2, -0.15) is 0 Å². The molecule has 2 fully saturated rings. The van der Waals surface area contributed by atoms with E-state index in [2.05, 4.69) is 10.6 Å². The maximum atomic E-state index is 11.9. The van der Waals surface area contributed by atoms with Crippen LogP contribution in [0.15, 0.2) is 0 Å². The molecule has 0 aromatic carbocycles. The Morgan fingerprint density at radius 3 is 2.29 bits per heavy atom. The lowest BCUT2D eigenvalue weighted by Gasteiger charge is -2.26. The molecule has 2 aliphatic rings. The fourth-order valence-corrected chi connectivity index (χ4v) is 3.24. The van der Waals surface area contributed by atoms with E-state index >= 15 is 0 Å². The van der Waals surface area contributed by atoms with Crippen molar-refractivity contribution in [3.8, 4) is 0 Å². The molecule has 1 aliphatic carbocycles. The summed E-state index contributed by atoms with van der Waals surface area (Å²) in [4.78, 5) is 25.5. The third kappa shape index (κ3) is 8.31. The van der Waals surface area contributed by atoms with Crippen molar-refractivity contribution >= 4 is 24.2 Å². The number of rotatable bonds is 7. The number of hydrogen-bond donors (Lipinski definition) is 2. The minimum absolute atomic E-state index is 0. The second-order valence-corrected chi connectivity index (χ2v) is 6.49. The number of nitrogens with zero attached hydrogens (tertiary/aromatic N) is 1. The molecule has 2 rings (SSSR count). The van der Waals surface area contributed by atoms with Gasteiger partial charge >= 0.3 is 0 Å². The van der Waals surface area contributed by atoms with Crippen molar-refractivity contribution in [1.82, 2.24) is 15.5 Å². The molecule has 24 heavy (non-hydrogen) atoms. The van der Waals surface area contributed by atoms with Crippen molar-refractivity contribution in [3.05, 3.63) is 0 Å². The molecule has 7 heteroatoms. The molecule has 1 saturated carbocycles. The SMILES string of the molecule is Cl.O=C(CCC(=O)N1CCOCC1)NCCNC1CCCCCC1. The van der Waals surface area contributed by atoms with Crippen molar-refractivity contribution in [2.24, 2.45) is 0 Å². The summed E-state index contributed by atoms with van der Waals surface area (Å²) in [5.41, 5.74) is 0. The second kappa shape index (κ2) is 12.5. The summed E-state index contributed by atoms with van der Waals surface area (Å²) in [5.74, 6) is 0.0225. The number of carbonyl (C=O) groups is 2. The molecule has 2 N–H and O–H groups in total. The Morgan fingerprint density at radius 2 is 1.62 bits per heavy atom. The second-order valence-electron chi connectivity index (χ2n) is 6.49. The number of morpholine rings is 1. The maximum absolute atomic E-state index is 11.9. The molecule has 0 atom stereocenters. The van der Waals surface area contributed by atoms with Crippen LogP contribution >= 0.6 is 12.4 Å². The van der Waals surface area contributed by atoms with E-state index in [9.17, 15) is 9.59 Å². The zero-order valence-corrected chi connectivity index (χ0v) is 15.4. The Hall–Kier alpha value is -0.850. The van der Waals surface area contributed by atoms with Gasteiger partial charge in [-0.1, -0.05) is 25.7 Å². The minimum atomic E-state index is -0.0331. The minimum Gasteiger partial charge on any atom is -0.378 e. The van der Waals surface area contributed by atoms with Crippen LogP contribution in [0.4, 0.5) is 0 Å². The fraction of sp³-hybridized carbons (Fsp3) is 0.882. The van der Waals surface area contributed by atoms with Crippen molar-refractivity contribution in [2.75, 3.05) is 39.4 Å². The summed E-state index contributed by atoms with van der Waals surface area (Å²) < 4.78 is 5.22. The van der Waals surface area contributed by atoms with Crippen molar-refractivity contribution in [3.63, 3.8) is 0 Å². The zero-order valence-electron chi connectivity index (χ0n) is 14.6. The van der Waals surface area contributed by atoms with Gasteiger partial charge in [-0.3, -0.25) is 9.59 Å². The summed E-state index contributed by atoms with van der Waals surface area (Å²) in [5, 5.41) is 6.43. The fourth-order valence-electron chi connectivity index (χ4n) is 3.24. The third-order valence-corrected chi connectivity index (χ3v) is 4.67. The molecule has 0 spiro atoms. The van der Waals surface area contributed by atoms with Crippen LogP contribution in [0.2, 0.25) is 0 Å². The van der Waals surface area contributed by atoms with Gasteiger partial charge in [0.05, 0.1) is 13.2 Å². The van der Waals surface area contributed by atoms with Crippen molar-refractivity contribution in [1.29, 1.82) is 0 Å². The van der Waals surface area contributed by atoms with Gasteiger partial charge in [0, 0.05) is 45.1 Å². The molecule has 1 heterocycles. The summed E-state index contributed by atoms with van der Waals surface area (Å²) >= 11 is 0. The quantitative estimate of drug-likeness (QED) is 0.532. The average Bonchev–Trinajstić information content (AvgIpc) is 2.86. The van der Waals surface area contributed by atoms with E-state index in [1.807, 2.05) is 0 Å². The van der Waals surface area contributed by atoms with Gasteiger partial charge in [0.1, 0.15) is 0 Å². The Kier molecular flexibility index (Phi) is 11.0. The molecule has 0 aromatic heterocycles. The van der Waals surface area contributed by atoms with Crippen LogP contribution in [-0.2, 0) is 14.3 Å². The van der Waals surface area contributed by atoms with Gasteiger partial charge < -0.3 is 20.3 Å². The average molecular weight is 362 g/mol. The van der Waals surface area contributed by atoms with E-state index in [1.54, 1.807) is 4.90 Å². The summed E-state index contributed by atoms with van der Waals surface area (Å²) in [6.07, 6.45) is 8.41. The first-order valence-corrected chi connectivity index (χ1v) is 9.11. The Bertz CT molecular complexity index is 368. The number of nitrogens with one attached hydrogen (secondary N) is 2. The van der Waals surface area contributed by atoms with Crippen LogP contribution in [0.5, 0.6) is 0 Å². The molecule has 0 aromatic rings. The van der Waals surface area contributed by atoms with Crippen LogP contribution < -0.4 is 10.6 Å². The molecule has 0 radical (unpaired) electrons. The number of ether oxygens (including phenoxy) is 1. The zero-order chi connectivity index (χ0) is 16.3. The highest BCUT2D eigenvalue weighted by Gasteiger charge is 2.17. The highest BCUT2D eigenvalue weighted by molar-refractivity contribution is 5.85. The molecular weight excluding hydrogens is 330 g/mol. The van der Waals surface area contributed by atoms with Gasteiger partial charge in [0.2, 0.25) is 11.8 Å². The van der Waals surface area contributed by atoms with Crippen LogP contribution in [0.1, 0.15) is 51.4 Å². The van der Waals surface area contributed by atoms with E-state index < -0.39 is 0 Å². The van der Waals surface area contributed by atoms with Crippen LogP contribution in [0, 0.1) is 0 Å². The van der Waals surface area contributed by atoms with Crippen LogP contribution in [-0.4, -0.2) is 62.1 Å². The van der Waals surface area contributed by atoms with Gasteiger partial charge in [-0.05, 0) is 12.8 Å². The highest BCUT2D eigenvalue weighted by atomic mass is 35.5. The van der Waals surface area contributed by atoms with E-state index in [4.69, 9.17) is 4.74 Å². The van der Waals surface area contributed by atoms with Crippen LogP contribution in [0.25, 0.3) is 0 Å². The first kappa shape index (κ1) is 21.2. The van der Waals surface area contributed by atoms with E-state index in [1.165, 1.54) is 38.5 Å². The van der Waals surface area contributed by atoms with E-state index in [-0.39, 0.29) is 30.6 Å². The maximum Gasteiger partial charge on any atom is 0.223 e. The third-order valence-electron chi connectivity index (χ3n) is 4.67. The first-order chi connectivity index (χ1) is 11.3. The summed E-state index contributed by atoms with van der Waals surface area (Å²) in [7, 11) is 0. The molecular formula is C17H32ClN3O3. The lowest BCUT2D eigenvalue weighted by atomic mass is 10.1. The van der Waals surface area contributed by atoms with Gasteiger partial charge in [-0.25, -0.2) is 0 Å². The van der Waals surface area contributed by atoms with Crippen LogP contribution in [0.3, 0.4) is 0 Å². The number of hydrogen-bond acceptors (Lipinski definition) is 4. The molecule has 1 aliphatic heterocycles. The number of amides is 2. The Labute approximate surface area is 151 Å². The largest absolute Gasteiger partial charge is 0.378 e. The van der Waals surface area contributed by atoms with E-state index in [0.29, 0.717) is 45.3 Å². The lowest BCUT2D eigenvalue weighted by molar-refractivity contribution is -0.137. The normalized spacial score (nSPS) is 19.2. The van der Waals surface area contributed by atoms with Crippen molar-refractivity contribution < 1.29 is 14.3 Å². The molecule has 140 valence electrons. The van der Waals surface area contributed by atoms with Gasteiger partial charge in [-0.15, -0.1) is 12.4 Å². The summed E-state index contributed by atoms with van der Waals surface area (Å²) in [6.45, 7) is 3.95. The predicted octanol–water partition coefficient (Wildman–Crippen LogP) is 1.48. The topological polar surface area (TPSA) is 70.7 Å². The number of carbonyl (C=O) groups excluding carboxylic acids is 2. The highest BCUT2D eigenvalue weighted by Crippen LogP contribution is 2.16. The molecule has 0 bridgehead atoms. The number of halogens is 1. The first-order valence-electron chi connectivity index (χ1n) is 9.11. The molecule has 2 amide bonds. The monoisotopic (exact) mass is 361 g/mol. The van der Waals surface area contributed by atoms with Gasteiger partial charge in [0.15, 0.2) is 0 Å². The van der Waals surface area contributed by atoms with Crippen molar-refractivity contribution in [2.45, 2.75) is 57.4 Å². The molecule has 6 nitrogen and oxygen atoms in total. The van der Waals surface area contributed by atoms with Gasteiger partial charge in [0.25, 0.3) is 0 Å².